The maximum atomic E-state index is 12.6. The fourth-order valence-electron chi connectivity index (χ4n) is 3.56. The highest BCUT2D eigenvalue weighted by Gasteiger charge is 2.26. The fraction of sp³-hybridized carbons (Fsp3) is 0.476. The minimum Gasteiger partial charge on any atom is -0.339 e. The maximum absolute atomic E-state index is 12.6. The van der Waals surface area contributed by atoms with Gasteiger partial charge in [-0.3, -0.25) is 14.5 Å². The van der Waals surface area contributed by atoms with E-state index in [4.69, 9.17) is 0 Å². The molecule has 0 bridgehead atoms. The molecule has 4 rings (SSSR count). The second kappa shape index (κ2) is 8.05. The van der Waals surface area contributed by atoms with Crippen molar-refractivity contribution >= 4 is 5.91 Å². The Morgan fingerprint density at radius 3 is 2.44 bits per heavy atom. The Labute approximate surface area is 159 Å². The van der Waals surface area contributed by atoms with Gasteiger partial charge in [0.1, 0.15) is 6.54 Å². The van der Waals surface area contributed by atoms with Gasteiger partial charge in [0.2, 0.25) is 5.91 Å². The first-order valence-electron chi connectivity index (χ1n) is 9.81. The third-order valence-corrected chi connectivity index (χ3v) is 5.45. The molecule has 0 atom stereocenters. The van der Waals surface area contributed by atoms with Crippen molar-refractivity contribution in [2.24, 2.45) is 0 Å². The van der Waals surface area contributed by atoms with Crippen molar-refractivity contribution in [2.45, 2.75) is 31.7 Å². The van der Waals surface area contributed by atoms with Crippen molar-refractivity contribution < 1.29 is 4.79 Å². The molecule has 1 aromatic heterocycles. The molecule has 1 aromatic carbocycles. The lowest BCUT2D eigenvalue weighted by atomic mass is 10.1. The smallest absolute Gasteiger partial charge is 0.267 e. The molecule has 0 unspecified atom stereocenters. The summed E-state index contributed by atoms with van der Waals surface area (Å²) in [4.78, 5) is 28.9. The zero-order valence-electron chi connectivity index (χ0n) is 15.6. The van der Waals surface area contributed by atoms with E-state index in [-0.39, 0.29) is 18.0 Å². The summed E-state index contributed by atoms with van der Waals surface area (Å²) in [7, 11) is 0. The van der Waals surface area contributed by atoms with Gasteiger partial charge < -0.3 is 4.90 Å². The number of aromatic nitrogens is 2. The second-order valence-corrected chi connectivity index (χ2v) is 7.49. The van der Waals surface area contributed by atoms with Crippen molar-refractivity contribution in [1.82, 2.24) is 19.6 Å². The number of hydrogen-bond acceptors (Lipinski definition) is 4. The van der Waals surface area contributed by atoms with Crippen LogP contribution in [0.2, 0.25) is 0 Å². The second-order valence-electron chi connectivity index (χ2n) is 7.49. The predicted octanol–water partition coefficient (Wildman–Crippen LogP) is 1.51. The van der Waals surface area contributed by atoms with Crippen LogP contribution in [0.5, 0.6) is 0 Å². The number of carbonyl (C=O) groups excluding carboxylic acids is 1. The van der Waals surface area contributed by atoms with Crippen LogP contribution in [0.3, 0.4) is 0 Å². The third-order valence-electron chi connectivity index (χ3n) is 5.45. The van der Waals surface area contributed by atoms with Crippen molar-refractivity contribution in [2.75, 3.05) is 32.7 Å². The Morgan fingerprint density at radius 1 is 1.00 bits per heavy atom. The average Bonchev–Trinajstić information content (AvgIpc) is 3.54. The number of nitrogens with zero attached hydrogens (tertiary/aromatic N) is 4. The molecule has 27 heavy (non-hydrogen) atoms. The first-order valence-corrected chi connectivity index (χ1v) is 9.81. The van der Waals surface area contributed by atoms with Gasteiger partial charge in [-0.25, -0.2) is 4.68 Å². The van der Waals surface area contributed by atoms with Crippen LogP contribution in [0.25, 0.3) is 0 Å². The van der Waals surface area contributed by atoms with Crippen molar-refractivity contribution in [3.63, 3.8) is 0 Å². The number of benzene rings is 1. The van der Waals surface area contributed by atoms with Gasteiger partial charge in [0.15, 0.2) is 0 Å². The summed E-state index contributed by atoms with van der Waals surface area (Å²) >= 11 is 0. The fourth-order valence-corrected chi connectivity index (χ4v) is 3.56. The summed E-state index contributed by atoms with van der Waals surface area (Å²) in [5.74, 6) is 0.459. The maximum Gasteiger partial charge on any atom is 0.267 e. The van der Waals surface area contributed by atoms with Crippen LogP contribution < -0.4 is 5.56 Å². The number of rotatable bonds is 6. The molecule has 0 radical (unpaired) electrons. The summed E-state index contributed by atoms with van der Waals surface area (Å²) in [6, 6.07) is 13.8. The average molecular weight is 366 g/mol. The molecule has 1 amide bonds. The van der Waals surface area contributed by atoms with E-state index in [0.29, 0.717) is 19.0 Å². The molecule has 1 saturated heterocycles. The summed E-state index contributed by atoms with van der Waals surface area (Å²) in [5.41, 5.74) is 2.08. The molecule has 0 N–H and O–H groups in total. The molecule has 1 aliphatic carbocycles. The van der Waals surface area contributed by atoms with E-state index in [2.05, 4.69) is 34.3 Å². The minimum atomic E-state index is -0.200. The summed E-state index contributed by atoms with van der Waals surface area (Å²) in [6.45, 7) is 4.24. The number of hydrogen-bond donors (Lipinski definition) is 0. The lowest BCUT2D eigenvalue weighted by molar-refractivity contribution is -0.133. The number of carbonyl (C=O) groups is 1. The highest BCUT2D eigenvalue weighted by Crippen LogP contribution is 2.38. The van der Waals surface area contributed by atoms with E-state index in [1.165, 1.54) is 16.3 Å². The Hall–Kier alpha value is -2.47. The standard InChI is InChI=1S/C21H26N4O2/c26-20-9-8-19(18-6-7-18)22-25(20)16-21(27)24-14-12-23(13-15-24)11-10-17-4-2-1-3-5-17/h1-5,8-9,18H,6-7,10-16H2. The highest BCUT2D eigenvalue weighted by molar-refractivity contribution is 5.76. The van der Waals surface area contributed by atoms with Crippen LogP contribution in [0.1, 0.15) is 30.0 Å². The molecule has 1 aliphatic heterocycles. The monoisotopic (exact) mass is 366 g/mol. The molecular weight excluding hydrogens is 340 g/mol. The zero-order valence-corrected chi connectivity index (χ0v) is 15.6. The largest absolute Gasteiger partial charge is 0.339 e. The van der Waals surface area contributed by atoms with Gasteiger partial charge >= 0.3 is 0 Å². The van der Waals surface area contributed by atoms with Gasteiger partial charge in [0, 0.05) is 44.7 Å². The van der Waals surface area contributed by atoms with Gasteiger partial charge in [-0.1, -0.05) is 30.3 Å². The molecule has 2 heterocycles. The summed E-state index contributed by atoms with van der Waals surface area (Å²) in [5, 5.41) is 4.39. The summed E-state index contributed by atoms with van der Waals surface area (Å²) in [6.07, 6.45) is 3.29. The lowest BCUT2D eigenvalue weighted by Gasteiger charge is -2.34. The van der Waals surface area contributed by atoms with Crippen LogP contribution in [0.4, 0.5) is 0 Å². The van der Waals surface area contributed by atoms with E-state index in [0.717, 1.165) is 44.6 Å². The van der Waals surface area contributed by atoms with Gasteiger partial charge in [-0.05, 0) is 30.9 Å². The quantitative estimate of drug-likeness (QED) is 0.778. The SMILES string of the molecule is O=C(Cn1nc(C2CC2)ccc1=O)N1CCN(CCc2ccccc2)CC1. The molecule has 2 aromatic rings. The van der Waals surface area contributed by atoms with Crippen molar-refractivity contribution in [3.8, 4) is 0 Å². The predicted molar refractivity (Wildman–Crippen MR) is 104 cm³/mol. The van der Waals surface area contributed by atoms with Gasteiger partial charge in [0.05, 0.1) is 5.69 Å². The van der Waals surface area contributed by atoms with Crippen LogP contribution >= 0.6 is 0 Å². The highest BCUT2D eigenvalue weighted by atomic mass is 16.2. The van der Waals surface area contributed by atoms with Crippen LogP contribution in [-0.4, -0.2) is 58.2 Å². The Kier molecular flexibility index (Phi) is 5.34. The molecule has 6 heteroatoms. The lowest BCUT2D eigenvalue weighted by Crippen LogP contribution is -2.50. The van der Waals surface area contributed by atoms with Gasteiger partial charge in [0.25, 0.3) is 5.56 Å². The molecule has 6 nitrogen and oxygen atoms in total. The molecule has 1 saturated carbocycles. The number of amides is 1. The van der Waals surface area contributed by atoms with E-state index in [1.54, 1.807) is 6.07 Å². The van der Waals surface area contributed by atoms with E-state index in [9.17, 15) is 9.59 Å². The van der Waals surface area contributed by atoms with Gasteiger partial charge in [-0.15, -0.1) is 0 Å². The Morgan fingerprint density at radius 2 is 1.74 bits per heavy atom. The minimum absolute atomic E-state index is 0.0137. The molecule has 142 valence electrons. The van der Waals surface area contributed by atoms with E-state index < -0.39 is 0 Å². The molecule has 2 aliphatic rings. The van der Waals surface area contributed by atoms with E-state index in [1.807, 2.05) is 11.0 Å². The number of piperazine rings is 1. The zero-order chi connectivity index (χ0) is 18.6. The molecule has 2 fully saturated rings. The third kappa shape index (κ3) is 4.63. The van der Waals surface area contributed by atoms with E-state index >= 15 is 0 Å². The van der Waals surface area contributed by atoms with Crippen molar-refractivity contribution in [1.29, 1.82) is 0 Å². The van der Waals surface area contributed by atoms with Crippen LogP contribution in [0.15, 0.2) is 47.3 Å². The molecule has 0 spiro atoms. The topological polar surface area (TPSA) is 58.4 Å². The Bertz CT molecular complexity index is 837. The first kappa shape index (κ1) is 17.9. The van der Waals surface area contributed by atoms with Crippen LogP contribution in [-0.2, 0) is 17.8 Å². The van der Waals surface area contributed by atoms with Crippen LogP contribution in [0, 0.1) is 0 Å². The first-order chi connectivity index (χ1) is 13.2. The summed E-state index contributed by atoms with van der Waals surface area (Å²) < 4.78 is 1.33. The van der Waals surface area contributed by atoms with Crippen molar-refractivity contribution in [3.05, 3.63) is 64.1 Å². The molecular formula is C21H26N4O2. The normalized spacial score (nSPS) is 17.9. The Balaban J connectivity index is 1.27. The van der Waals surface area contributed by atoms with Gasteiger partial charge in [-0.2, -0.15) is 5.10 Å².